The zero-order valence-electron chi connectivity index (χ0n) is 18.9. The van der Waals surface area contributed by atoms with Gasteiger partial charge in [-0.1, -0.05) is 17.7 Å². The second-order valence-corrected chi connectivity index (χ2v) is 7.84. The number of anilines is 5. The highest BCUT2D eigenvalue weighted by atomic mass is 35.5. The van der Waals surface area contributed by atoms with Crippen molar-refractivity contribution in [2.45, 2.75) is 13.1 Å². The normalized spacial score (nSPS) is 11.2. The molecule has 4 N–H and O–H groups in total. The summed E-state index contributed by atoms with van der Waals surface area (Å²) >= 11 is 5.63. The lowest BCUT2D eigenvalue weighted by Gasteiger charge is -2.14. The molecule has 186 valence electrons. The van der Waals surface area contributed by atoms with Crippen molar-refractivity contribution in [3.8, 4) is 5.82 Å². The molecule has 4 aromatic rings. The molecule has 2 aromatic carbocycles. The minimum absolute atomic E-state index is 0.0615. The molecule has 0 atom stereocenters. The van der Waals surface area contributed by atoms with E-state index in [1.807, 2.05) is 6.92 Å². The number of urea groups is 1. The van der Waals surface area contributed by atoms with Gasteiger partial charge in [-0.3, -0.25) is 0 Å². The SMILES string of the molecule is CNc1cc(-n2ncnc2Nc2cc(NC(=O)Nc3ccc(Cl)c(C(F)(F)F)c3)ccc2C)ncn1. The van der Waals surface area contributed by atoms with E-state index in [1.54, 1.807) is 31.3 Å². The Morgan fingerprint density at radius 1 is 0.972 bits per heavy atom. The van der Waals surface area contributed by atoms with E-state index in [9.17, 15) is 18.0 Å². The molecule has 0 saturated carbocycles. The van der Waals surface area contributed by atoms with E-state index < -0.39 is 22.8 Å². The molecule has 0 fully saturated rings. The highest BCUT2D eigenvalue weighted by Gasteiger charge is 2.33. The summed E-state index contributed by atoms with van der Waals surface area (Å²) in [6.07, 6.45) is -1.90. The number of halogens is 4. The van der Waals surface area contributed by atoms with Crippen LogP contribution in [-0.4, -0.2) is 37.8 Å². The van der Waals surface area contributed by atoms with Gasteiger partial charge in [0, 0.05) is 30.2 Å². The van der Waals surface area contributed by atoms with Crippen molar-refractivity contribution in [1.82, 2.24) is 24.7 Å². The van der Waals surface area contributed by atoms with Gasteiger partial charge in [-0.05, 0) is 42.8 Å². The van der Waals surface area contributed by atoms with E-state index in [0.29, 0.717) is 29.0 Å². The third-order valence-corrected chi connectivity index (χ3v) is 5.27. The summed E-state index contributed by atoms with van der Waals surface area (Å²) in [6.45, 7) is 1.85. The van der Waals surface area contributed by atoms with Gasteiger partial charge >= 0.3 is 12.2 Å². The molecule has 36 heavy (non-hydrogen) atoms. The van der Waals surface area contributed by atoms with Crippen molar-refractivity contribution < 1.29 is 18.0 Å². The van der Waals surface area contributed by atoms with Gasteiger partial charge in [0.2, 0.25) is 5.95 Å². The van der Waals surface area contributed by atoms with Crippen LogP contribution in [0.2, 0.25) is 5.02 Å². The van der Waals surface area contributed by atoms with Crippen molar-refractivity contribution in [2.75, 3.05) is 28.3 Å². The van der Waals surface area contributed by atoms with E-state index >= 15 is 0 Å². The van der Waals surface area contributed by atoms with Gasteiger partial charge in [-0.15, -0.1) is 0 Å². The first-order chi connectivity index (χ1) is 17.1. The molecule has 0 saturated heterocycles. The standard InChI is InChI=1S/C22H19ClF3N9O/c1-12-3-4-14(33-21(36)32-13-5-6-16(23)15(7-13)22(24,25)26)8-17(12)34-20-30-11-31-35(20)19-9-18(27-2)28-10-29-19/h3-11H,1-2H3,(H,27,28,29)(H,30,31,34)(H2,32,33,36). The number of aromatic nitrogens is 5. The monoisotopic (exact) mass is 517 g/mol. The number of aryl methyl sites for hydroxylation is 1. The lowest BCUT2D eigenvalue weighted by Crippen LogP contribution is -2.20. The topological polar surface area (TPSA) is 122 Å². The number of carbonyl (C=O) groups excluding carboxylic acids is 1. The van der Waals surface area contributed by atoms with Gasteiger partial charge < -0.3 is 21.3 Å². The fourth-order valence-corrected chi connectivity index (χ4v) is 3.39. The fraction of sp³-hybridized carbons (Fsp3) is 0.136. The molecule has 4 rings (SSSR count). The molecular weight excluding hydrogens is 499 g/mol. The Labute approximate surface area is 207 Å². The predicted molar refractivity (Wildman–Crippen MR) is 130 cm³/mol. The van der Waals surface area contributed by atoms with Gasteiger partial charge in [0.05, 0.1) is 10.6 Å². The molecule has 0 aliphatic heterocycles. The Morgan fingerprint density at radius 3 is 2.42 bits per heavy atom. The minimum atomic E-state index is -4.65. The maximum absolute atomic E-state index is 13.1. The molecule has 0 aliphatic carbocycles. The van der Waals surface area contributed by atoms with Gasteiger partial charge in [0.15, 0.2) is 5.82 Å². The molecule has 2 amide bonds. The summed E-state index contributed by atoms with van der Waals surface area (Å²) < 4.78 is 40.7. The lowest BCUT2D eigenvalue weighted by atomic mass is 10.2. The number of hydrogen-bond donors (Lipinski definition) is 4. The second kappa shape index (κ2) is 10.1. The van der Waals surface area contributed by atoms with Gasteiger partial charge in [0.25, 0.3) is 0 Å². The summed E-state index contributed by atoms with van der Waals surface area (Å²) in [5, 5.41) is 14.8. The van der Waals surface area contributed by atoms with Crippen molar-refractivity contribution >= 4 is 46.5 Å². The van der Waals surface area contributed by atoms with Crippen molar-refractivity contribution in [3.63, 3.8) is 0 Å². The zero-order chi connectivity index (χ0) is 25.9. The summed E-state index contributed by atoms with van der Waals surface area (Å²) in [6, 6.07) is 9.13. The summed E-state index contributed by atoms with van der Waals surface area (Å²) in [5.41, 5.74) is 0.723. The smallest absolute Gasteiger partial charge is 0.373 e. The number of rotatable bonds is 6. The van der Waals surface area contributed by atoms with Crippen LogP contribution < -0.4 is 21.3 Å². The minimum Gasteiger partial charge on any atom is -0.373 e. The number of hydrogen-bond acceptors (Lipinski definition) is 7. The second-order valence-electron chi connectivity index (χ2n) is 7.43. The number of nitrogens with zero attached hydrogens (tertiary/aromatic N) is 5. The van der Waals surface area contributed by atoms with Gasteiger partial charge in [-0.25, -0.2) is 14.8 Å². The van der Waals surface area contributed by atoms with Gasteiger partial charge in [-0.2, -0.15) is 27.9 Å². The first-order valence-electron chi connectivity index (χ1n) is 10.4. The Balaban J connectivity index is 1.50. The lowest BCUT2D eigenvalue weighted by molar-refractivity contribution is -0.137. The Morgan fingerprint density at radius 2 is 1.69 bits per heavy atom. The molecule has 0 bridgehead atoms. The number of amides is 2. The fourth-order valence-electron chi connectivity index (χ4n) is 3.16. The van der Waals surface area contributed by atoms with Crippen LogP contribution in [0.4, 0.5) is 46.8 Å². The molecule has 10 nitrogen and oxygen atoms in total. The van der Waals surface area contributed by atoms with E-state index in [4.69, 9.17) is 11.6 Å². The zero-order valence-corrected chi connectivity index (χ0v) is 19.6. The van der Waals surface area contributed by atoms with Crippen LogP contribution >= 0.6 is 11.6 Å². The third-order valence-electron chi connectivity index (χ3n) is 4.95. The molecular formula is C22H19ClF3N9O. The third kappa shape index (κ3) is 5.63. The molecule has 2 aromatic heterocycles. The first kappa shape index (κ1) is 24.7. The Hall–Kier alpha value is -4.39. The van der Waals surface area contributed by atoms with Crippen LogP contribution in [0.15, 0.2) is 55.1 Å². The van der Waals surface area contributed by atoms with Crippen LogP contribution in [0.3, 0.4) is 0 Å². The summed E-state index contributed by atoms with van der Waals surface area (Å²) in [5.74, 6) is 1.43. The quantitative estimate of drug-likeness (QED) is 0.267. The molecule has 0 unspecified atom stereocenters. The maximum Gasteiger partial charge on any atom is 0.417 e. The molecule has 0 spiro atoms. The number of benzene rings is 2. The molecule has 2 heterocycles. The average Bonchev–Trinajstić information content (AvgIpc) is 3.30. The van der Waals surface area contributed by atoms with Crippen molar-refractivity contribution in [3.05, 3.63) is 71.3 Å². The Bertz CT molecular complexity index is 1410. The number of carbonyl (C=O) groups is 1. The van der Waals surface area contributed by atoms with Gasteiger partial charge in [0.1, 0.15) is 18.5 Å². The maximum atomic E-state index is 13.1. The van der Waals surface area contributed by atoms with Crippen LogP contribution in [0, 0.1) is 6.92 Å². The average molecular weight is 518 g/mol. The largest absolute Gasteiger partial charge is 0.417 e. The van der Waals surface area contributed by atoms with Crippen LogP contribution in [0.25, 0.3) is 5.82 Å². The van der Waals surface area contributed by atoms with Crippen LogP contribution in [0.1, 0.15) is 11.1 Å². The molecule has 0 aliphatic rings. The first-order valence-corrected chi connectivity index (χ1v) is 10.7. The van der Waals surface area contributed by atoms with Crippen LogP contribution in [-0.2, 0) is 6.18 Å². The molecule has 14 heteroatoms. The highest BCUT2D eigenvalue weighted by Crippen LogP contribution is 2.36. The number of alkyl halides is 3. The summed E-state index contributed by atoms with van der Waals surface area (Å²) in [7, 11) is 1.73. The predicted octanol–water partition coefficient (Wildman–Crippen LogP) is 5.47. The highest BCUT2D eigenvalue weighted by molar-refractivity contribution is 6.31. The molecule has 0 radical (unpaired) electrons. The van der Waals surface area contributed by atoms with Crippen molar-refractivity contribution in [2.24, 2.45) is 0 Å². The Kier molecular flexibility index (Phi) is 6.92. The summed E-state index contributed by atoms with van der Waals surface area (Å²) in [4.78, 5) is 24.9. The van der Waals surface area contributed by atoms with Crippen LogP contribution in [0.5, 0.6) is 0 Å². The van der Waals surface area contributed by atoms with E-state index in [2.05, 4.69) is 41.3 Å². The number of nitrogens with one attached hydrogen (secondary N) is 4. The van der Waals surface area contributed by atoms with Crippen molar-refractivity contribution in [1.29, 1.82) is 0 Å². The van der Waals surface area contributed by atoms with E-state index in [1.165, 1.54) is 23.4 Å². The van der Waals surface area contributed by atoms with E-state index in [0.717, 1.165) is 17.7 Å². The van der Waals surface area contributed by atoms with E-state index in [-0.39, 0.29) is 5.69 Å².